The summed E-state index contributed by atoms with van der Waals surface area (Å²) >= 11 is 0. The summed E-state index contributed by atoms with van der Waals surface area (Å²) in [6.45, 7) is 5.42. The van der Waals surface area contributed by atoms with E-state index in [9.17, 15) is 0 Å². The Kier molecular flexibility index (Phi) is 5.82. The lowest BCUT2D eigenvalue weighted by Gasteiger charge is -2.18. The van der Waals surface area contributed by atoms with Crippen molar-refractivity contribution in [1.82, 2.24) is 5.32 Å². The summed E-state index contributed by atoms with van der Waals surface area (Å²) < 4.78 is 0. The summed E-state index contributed by atoms with van der Waals surface area (Å²) in [5.74, 6) is 0. The van der Waals surface area contributed by atoms with Crippen molar-refractivity contribution in [2.75, 3.05) is 6.54 Å². The normalized spacial score (nSPS) is 12.3. The monoisotopic (exact) mass is 267 g/mol. The molecule has 2 aromatic rings. The van der Waals surface area contributed by atoms with Gasteiger partial charge in [-0.2, -0.15) is 0 Å². The van der Waals surface area contributed by atoms with E-state index in [-0.39, 0.29) is 0 Å². The molecule has 0 aromatic heterocycles. The van der Waals surface area contributed by atoms with Gasteiger partial charge in [0.1, 0.15) is 0 Å². The molecule has 0 saturated carbocycles. The summed E-state index contributed by atoms with van der Waals surface area (Å²) in [4.78, 5) is 0. The smallest absolute Gasteiger partial charge is 0.0110 e. The summed E-state index contributed by atoms with van der Waals surface area (Å²) in [5.41, 5.74) is 4.30. The van der Waals surface area contributed by atoms with Crippen molar-refractivity contribution in [3.05, 3.63) is 71.3 Å². The minimum atomic E-state index is 0.557. The number of hydrogen-bond donors (Lipinski definition) is 1. The first-order chi connectivity index (χ1) is 9.79. The van der Waals surface area contributed by atoms with E-state index in [0.29, 0.717) is 6.04 Å². The highest BCUT2D eigenvalue weighted by Gasteiger charge is 2.09. The van der Waals surface area contributed by atoms with Gasteiger partial charge >= 0.3 is 0 Å². The number of likely N-dealkylation sites (N-methyl/N-ethyl adjacent to an activating group) is 1. The van der Waals surface area contributed by atoms with Crippen molar-refractivity contribution in [2.45, 2.75) is 39.2 Å². The predicted octanol–water partition coefficient (Wildman–Crippen LogP) is 4.15. The third-order valence-corrected chi connectivity index (χ3v) is 3.84. The van der Waals surface area contributed by atoms with E-state index in [2.05, 4.69) is 73.8 Å². The molecule has 106 valence electrons. The van der Waals surface area contributed by atoms with Crippen LogP contribution in [0.3, 0.4) is 0 Å². The summed E-state index contributed by atoms with van der Waals surface area (Å²) in [6.07, 6.45) is 3.45. The van der Waals surface area contributed by atoms with E-state index in [1.165, 1.54) is 23.1 Å². The molecular weight excluding hydrogens is 242 g/mol. The van der Waals surface area contributed by atoms with Crippen molar-refractivity contribution in [3.8, 4) is 0 Å². The minimum absolute atomic E-state index is 0.557. The quantitative estimate of drug-likeness (QED) is 0.794. The van der Waals surface area contributed by atoms with Crippen LogP contribution in [-0.2, 0) is 12.8 Å². The highest BCUT2D eigenvalue weighted by atomic mass is 14.9. The standard InChI is InChI=1S/C19H25N/c1-3-20-19(15-17-10-5-4-6-11-17)14-13-18-12-8-7-9-16(18)2/h4-12,19-20H,3,13-15H2,1-2H3. The van der Waals surface area contributed by atoms with Gasteiger partial charge in [-0.15, -0.1) is 0 Å². The number of rotatable bonds is 7. The number of nitrogens with one attached hydrogen (secondary N) is 1. The lowest BCUT2D eigenvalue weighted by atomic mass is 9.97. The van der Waals surface area contributed by atoms with Crippen LogP contribution in [0.4, 0.5) is 0 Å². The SMILES string of the molecule is CCNC(CCc1ccccc1C)Cc1ccccc1. The van der Waals surface area contributed by atoms with E-state index >= 15 is 0 Å². The fraction of sp³-hybridized carbons (Fsp3) is 0.368. The van der Waals surface area contributed by atoms with E-state index in [0.717, 1.165) is 19.4 Å². The van der Waals surface area contributed by atoms with Crippen LogP contribution in [0, 0.1) is 6.92 Å². The van der Waals surface area contributed by atoms with Gasteiger partial charge in [-0.05, 0) is 49.4 Å². The molecule has 0 saturated heterocycles. The van der Waals surface area contributed by atoms with Crippen molar-refractivity contribution >= 4 is 0 Å². The number of hydrogen-bond acceptors (Lipinski definition) is 1. The fourth-order valence-electron chi connectivity index (χ4n) is 2.68. The Labute approximate surface area is 123 Å². The Morgan fingerprint density at radius 3 is 2.35 bits per heavy atom. The molecule has 0 aliphatic heterocycles. The molecule has 1 unspecified atom stereocenters. The van der Waals surface area contributed by atoms with E-state index in [1.807, 2.05) is 0 Å². The van der Waals surface area contributed by atoms with Crippen molar-refractivity contribution in [1.29, 1.82) is 0 Å². The van der Waals surface area contributed by atoms with Crippen LogP contribution in [0.2, 0.25) is 0 Å². The Bertz CT molecular complexity index is 504. The zero-order valence-corrected chi connectivity index (χ0v) is 12.6. The van der Waals surface area contributed by atoms with Crippen LogP contribution in [0.15, 0.2) is 54.6 Å². The van der Waals surface area contributed by atoms with Crippen LogP contribution < -0.4 is 5.32 Å². The maximum atomic E-state index is 3.62. The first-order valence-electron chi connectivity index (χ1n) is 7.61. The van der Waals surface area contributed by atoms with Crippen LogP contribution in [0.1, 0.15) is 30.0 Å². The third-order valence-electron chi connectivity index (χ3n) is 3.84. The molecule has 1 N–H and O–H groups in total. The zero-order valence-electron chi connectivity index (χ0n) is 12.6. The van der Waals surface area contributed by atoms with Crippen molar-refractivity contribution in [3.63, 3.8) is 0 Å². The Balaban J connectivity index is 1.94. The third kappa shape index (κ3) is 4.50. The lowest BCUT2D eigenvalue weighted by Crippen LogP contribution is -2.31. The van der Waals surface area contributed by atoms with Crippen LogP contribution in [0.5, 0.6) is 0 Å². The molecule has 0 radical (unpaired) electrons. The van der Waals surface area contributed by atoms with Gasteiger partial charge in [0.2, 0.25) is 0 Å². The molecule has 0 fully saturated rings. The van der Waals surface area contributed by atoms with Gasteiger partial charge in [0.15, 0.2) is 0 Å². The molecule has 0 aliphatic carbocycles. The molecule has 0 amide bonds. The van der Waals surface area contributed by atoms with Crippen molar-refractivity contribution < 1.29 is 0 Å². The molecule has 1 heteroatoms. The number of aryl methyl sites for hydroxylation is 2. The Hall–Kier alpha value is -1.60. The second kappa shape index (κ2) is 7.86. The van der Waals surface area contributed by atoms with Crippen molar-refractivity contribution in [2.24, 2.45) is 0 Å². The molecule has 2 rings (SSSR count). The zero-order chi connectivity index (χ0) is 14.2. The largest absolute Gasteiger partial charge is 0.314 e. The summed E-state index contributed by atoms with van der Waals surface area (Å²) in [7, 11) is 0. The Morgan fingerprint density at radius 1 is 0.950 bits per heavy atom. The summed E-state index contributed by atoms with van der Waals surface area (Å²) in [5, 5.41) is 3.62. The summed E-state index contributed by atoms with van der Waals surface area (Å²) in [6, 6.07) is 20.0. The second-order valence-electron chi connectivity index (χ2n) is 5.41. The first-order valence-corrected chi connectivity index (χ1v) is 7.61. The van der Waals surface area contributed by atoms with E-state index in [4.69, 9.17) is 0 Å². The molecule has 2 aromatic carbocycles. The highest BCUT2D eigenvalue weighted by molar-refractivity contribution is 5.25. The fourth-order valence-corrected chi connectivity index (χ4v) is 2.68. The van der Waals surface area contributed by atoms with E-state index < -0.39 is 0 Å². The highest BCUT2D eigenvalue weighted by Crippen LogP contribution is 2.13. The van der Waals surface area contributed by atoms with Crippen LogP contribution >= 0.6 is 0 Å². The Morgan fingerprint density at radius 2 is 1.65 bits per heavy atom. The number of benzene rings is 2. The van der Waals surface area contributed by atoms with Crippen LogP contribution in [-0.4, -0.2) is 12.6 Å². The molecule has 0 spiro atoms. The topological polar surface area (TPSA) is 12.0 Å². The van der Waals surface area contributed by atoms with Gasteiger partial charge in [-0.1, -0.05) is 61.5 Å². The van der Waals surface area contributed by atoms with Gasteiger partial charge in [0.25, 0.3) is 0 Å². The molecule has 0 bridgehead atoms. The molecular formula is C19H25N. The molecule has 0 aliphatic rings. The average molecular weight is 267 g/mol. The molecule has 1 nitrogen and oxygen atoms in total. The lowest BCUT2D eigenvalue weighted by molar-refractivity contribution is 0.491. The second-order valence-corrected chi connectivity index (χ2v) is 5.41. The van der Waals surface area contributed by atoms with Gasteiger partial charge in [0, 0.05) is 6.04 Å². The first kappa shape index (κ1) is 14.8. The minimum Gasteiger partial charge on any atom is -0.314 e. The molecule has 0 heterocycles. The predicted molar refractivity (Wildman–Crippen MR) is 87.1 cm³/mol. The maximum Gasteiger partial charge on any atom is 0.0110 e. The van der Waals surface area contributed by atoms with Gasteiger partial charge in [-0.3, -0.25) is 0 Å². The van der Waals surface area contributed by atoms with Gasteiger partial charge in [-0.25, -0.2) is 0 Å². The average Bonchev–Trinajstić information content (AvgIpc) is 2.47. The van der Waals surface area contributed by atoms with Crippen LogP contribution in [0.25, 0.3) is 0 Å². The maximum absolute atomic E-state index is 3.62. The van der Waals surface area contributed by atoms with E-state index in [1.54, 1.807) is 0 Å². The molecule has 1 atom stereocenters. The molecule has 20 heavy (non-hydrogen) atoms. The van der Waals surface area contributed by atoms with Gasteiger partial charge < -0.3 is 5.32 Å². The van der Waals surface area contributed by atoms with Gasteiger partial charge in [0.05, 0.1) is 0 Å².